The Hall–Kier alpha value is -0.570. The molecule has 8 heavy (non-hydrogen) atoms. The lowest BCUT2D eigenvalue weighted by Gasteiger charge is -1.98. The minimum atomic E-state index is 0.0712. The molecule has 0 unspecified atom stereocenters. The summed E-state index contributed by atoms with van der Waals surface area (Å²) in [6.45, 7) is 2.02. The van der Waals surface area contributed by atoms with Crippen LogP contribution in [0.4, 0.5) is 0 Å². The van der Waals surface area contributed by atoms with E-state index in [1.54, 1.807) is 0 Å². The molecule has 1 aliphatic heterocycles. The highest BCUT2D eigenvalue weighted by molar-refractivity contribution is 5.79. The van der Waals surface area contributed by atoms with Crippen LogP contribution in [0.25, 0.3) is 0 Å². The first-order chi connectivity index (χ1) is 3.83. The minimum Gasteiger partial charge on any atom is -0.291 e. The highest BCUT2D eigenvalue weighted by atomic mass is 16.2. The molecule has 1 fully saturated rings. The molecule has 1 heterocycles. The second-order valence-corrected chi connectivity index (χ2v) is 1.81. The van der Waals surface area contributed by atoms with Gasteiger partial charge in [0.2, 0.25) is 5.91 Å². The summed E-state index contributed by atoms with van der Waals surface area (Å²) >= 11 is 0. The summed E-state index contributed by atoms with van der Waals surface area (Å²) in [5, 5.41) is 0. The Morgan fingerprint density at radius 1 is 1.62 bits per heavy atom. The Morgan fingerprint density at radius 3 is 2.62 bits per heavy atom. The standard InChI is InChI=1S/C5H9N2O/c1-2-4-3-5(8)7-6-4/h6H,2-3H2,1H3,(H,7,8). The predicted octanol–water partition coefficient (Wildman–Crippen LogP) is -0.0471. The van der Waals surface area contributed by atoms with Gasteiger partial charge < -0.3 is 0 Å². The van der Waals surface area contributed by atoms with Gasteiger partial charge >= 0.3 is 0 Å². The van der Waals surface area contributed by atoms with E-state index in [4.69, 9.17) is 0 Å². The first-order valence-corrected chi connectivity index (χ1v) is 2.72. The number of carbonyl (C=O) groups excluding carboxylic acids is 1. The number of rotatable bonds is 1. The maximum absolute atomic E-state index is 10.4. The van der Waals surface area contributed by atoms with Crippen LogP contribution in [0.15, 0.2) is 0 Å². The van der Waals surface area contributed by atoms with E-state index in [9.17, 15) is 4.79 Å². The molecule has 1 aliphatic rings. The zero-order valence-electron chi connectivity index (χ0n) is 4.82. The maximum Gasteiger partial charge on any atom is 0.236 e. The van der Waals surface area contributed by atoms with E-state index < -0.39 is 0 Å². The molecule has 0 aromatic heterocycles. The number of nitrogens with one attached hydrogen (secondary N) is 2. The molecule has 0 atom stereocenters. The van der Waals surface area contributed by atoms with Crippen molar-refractivity contribution in [2.45, 2.75) is 19.8 Å². The third-order valence-electron chi connectivity index (χ3n) is 1.18. The molecule has 1 saturated heterocycles. The molecule has 0 bridgehead atoms. The Kier molecular flexibility index (Phi) is 1.48. The van der Waals surface area contributed by atoms with Gasteiger partial charge in [0.25, 0.3) is 0 Å². The van der Waals surface area contributed by atoms with E-state index in [1.165, 1.54) is 0 Å². The molecule has 0 aliphatic carbocycles. The maximum atomic E-state index is 10.4. The van der Waals surface area contributed by atoms with Crippen LogP contribution in [-0.2, 0) is 4.79 Å². The fourth-order valence-electron chi connectivity index (χ4n) is 0.654. The van der Waals surface area contributed by atoms with E-state index in [1.807, 2.05) is 6.92 Å². The Balaban J connectivity index is 2.32. The summed E-state index contributed by atoms with van der Waals surface area (Å²) in [6.07, 6.45) is 1.48. The van der Waals surface area contributed by atoms with Gasteiger partial charge in [-0.25, -0.2) is 5.43 Å². The van der Waals surface area contributed by atoms with E-state index in [2.05, 4.69) is 10.9 Å². The predicted molar refractivity (Wildman–Crippen MR) is 29.4 cm³/mol. The summed E-state index contributed by atoms with van der Waals surface area (Å²) in [5.74, 6) is 0.0712. The van der Waals surface area contributed by atoms with Gasteiger partial charge in [0, 0.05) is 6.42 Å². The first kappa shape index (κ1) is 5.56. The smallest absolute Gasteiger partial charge is 0.236 e. The van der Waals surface area contributed by atoms with Crippen LogP contribution in [-0.4, -0.2) is 5.91 Å². The monoisotopic (exact) mass is 113 g/mol. The van der Waals surface area contributed by atoms with Crippen molar-refractivity contribution < 1.29 is 4.79 Å². The van der Waals surface area contributed by atoms with E-state index in [0.717, 1.165) is 12.5 Å². The fourth-order valence-corrected chi connectivity index (χ4v) is 0.654. The molecule has 3 nitrogen and oxygen atoms in total. The molecule has 45 valence electrons. The number of hydrogen-bond acceptors (Lipinski definition) is 2. The van der Waals surface area contributed by atoms with Gasteiger partial charge in [0.15, 0.2) is 0 Å². The van der Waals surface area contributed by atoms with Gasteiger partial charge in [-0.1, -0.05) is 6.92 Å². The average molecular weight is 113 g/mol. The SMILES string of the molecule is CC[C]1CC(=O)NN1. The van der Waals surface area contributed by atoms with Crippen LogP contribution in [0.5, 0.6) is 0 Å². The number of hydrogen-bond donors (Lipinski definition) is 2. The highest BCUT2D eigenvalue weighted by Gasteiger charge is 2.18. The minimum absolute atomic E-state index is 0.0712. The van der Waals surface area contributed by atoms with Crippen molar-refractivity contribution >= 4 is 5.91 Å². The van der Waals surface area contributed by atoms with E-state index >= 15 is 0 Å². The molecule has 1 amide bonds. The lowest BCUT2D eigenvalue weighted by molar-refractivity contribution is -0.119. The Labute approximate surface area is 48.4 Å². The third kappa shape index (κ3) is 0.980. The van der Waals surface area contributed by atoms with Crippen molar-refractivity contribution in [2.24, 2.45) is 0 Å². The van der Waals surface area contributed by atoms with Gasteiger partial charge in [0.1, 0.15) is 0 Å². The molecule has 0 spiro atoms. The van der Waals surface area contributed by atoms with Crippen molar-refractivity contribution in [2.75, 3.05) is 0 Å². The van der Waals surface area contributed by atoms with Crippen molar-refractivity contribution in [3.8, 4) is 0 Å². The van der Waals surface area contributed by atoms with Crippen LogP contribution < -0.4 is 10.9 Å². The average Bonchev–Trinajstić information content (AvgIpc) is 2.14. The fraction of sp³-hybridized carbons (Fsp3) is 0.600. The zero-order valence-corrected chi connectivity index (χ0v) is 4.82. The summed E-state index contributed by atoms with van der Waals surface area (Å²) in [5.41, 5.74) is 5.27. The molecule has 0 aromatic rings. The Morgan fingerprint density at radius 2 is 2.38 bits per heavy atom. The van der Waals surface area contributed by atoms with Crippen LogP contribution in [0.2, 0.25) is 0 Å². The second kappa shape index (κ2) is 2.13. The normalized spacial score (nSPS) is 21.4. The van der Waals surface area contributed by atoms with E-state index in [0.29, 0.717) is 6.42 Å². The zero-order chi connectivity index (χ0) is 5.98. The van der Waals surface area contributed by atoms with E-state index in [-0.39, 0.29) is 5.91 Å². The number of carbonyl (C=O) groups is 1. The highest BCUT2D eigenvalue weighted by Crippen LogP contribution is 2.08. The van der Waals surface area contributed by atoms with Gasteiger partial charge in [-0.2, -0.15) is 0 Å². The largest absolute Gasteiger partial charge is 0.291 e. The summed E-state index contributed by atoms with van der Waals surface area (Å²) < 4.78 is 0. The van der Waals surface area contributed by atoms with Gasteiger partial charge in [0.05, 0.1) is 6.04 Å². The van der Waals surface area contributed by atoms with Crippen LogP contribution in [0.1, 0.15) is 19.8 Å². The third-order valence-corrected chi connectivity index (χ3v) is 1.18. The molecule has 1 rings (SSSR count). The van der Waals surface area contributed by atoms with Crippen LogP contribution in [0, 0.1) is 6.04 Å². The van der Waals surface area contributed by atoms with Crippen LogP contribution >= 0.6 is 0 Å². The molecule has 3 heteroatoms. The number of amides is 1. The van der Waals surface area contributed by atoms with Crippen LogP contribution in [0.3, 0.4) is 0 Å². The van der Waals surface area contributed by atoms with Gasteiger partial charge in [-0.05, 0) is 6.42 Å². The van der Waals surface area contributed by atoms with Crippen molar-refractivity contribution in [1.82, 2.24) is 10.9 Å². The topological polar surface area (TPSA) is 41.1 Å². The summed E-state index contributed by atoms with van der Waals surface area (Å²) in [6, 6.07) is 1.08. The molecule has 1 radical (unpaired) electrons. The quantitative estimate of drug-likeness (QED) is 0.500. The van der Waals surface area contributed by atoms with Gasteiger partial charge in [-0.15, -0.1) is 0 Å². The lowest BCUT2D eigenvalue weighted by Crippen LogP contribution is -2.27. The second-order valence-electron chi connectivity index (χ2n) is 1.81. The molecule has 0 saturated carbocycles. The summed E-state index contributed by atoms with van der Waals surface area (Å²) in [4.78, 5) is 10.4. The number of hydrazine groups is 1. The van der Waals surface area contributed by atoms with Crippen molar-refractivity contribution in [3.63, 3.8) is 0 Å². The lowest BCUT2D eigenvalue weighted by atomic mass is 10.2. The summed E-state index contributed by atoms with van der Waals surface area (Å²) in [7, 11) is 0. The van der Waals surface area contributed by atoms with Crippen molar-refractivity contribution in [1.29, 1.82) is 0 Å². The molecule has 2 N–H and O–H groups in total. The molecular formula is C5H9N2O. The van der Waals surface area contributed by atoms with Gasteiger partial charge in [-0.3, -0.25) is 10.2 Å². The Bertz CT molecular complexity index is 103. The van der Waals surface area contributed by atoms with Crippen molar-refractivity contribution in [3.05, 3.63) is 6.04 Å². The molecule has 0 aromatic carbocycles. The first-order valence-electron chi connectivity index (χ1n) is 2.72. The molecular weight excluding hydrogens is 104 g/mol.